The third kappa shape index (κ3) is 4.17. The van der Waals surface area contributed by atoms with Crippen LogP contribution < -0.4 is 0 Å². The van der Waals surface area contributed by atoms with Gasteiger partial charge in [0.05, 0.1) is 5.60 Å². The summed E-state index contributed by atoms with van der Waals surface area (Å²) in [5.41, 5.74) is 1.16. The molecule has 0 N–H and O–H groups in total. The van der Waals surface area contributed by atoms with Gasteiger partial charge in [0, 0.05) is 18.1 Å². The first-order valence-corrected chi connectivity index (χ1v) is 12.3. The van der Waals surface area contributed by atoms with Gasteiger partial charge in [0.25, 0.3) is 0 Å². The molecule has 1 aliphatic heterocycles. The summed E-state index contributed by atoms with van der Waals surface area (Å²) in [6, 6.07) is 0. The molecule has 1 heterocycles. The van der Waals surface area contributed by atoms with Crippen LogP contribution in [-0.2, 0) is 13.7 Å². The molecule has 0 aromatic carbocycles. The van der Waals surface area contributed by atoms with Crippen molar-refractivity contribution in [1.29, 1.82) is 0 Å². The summed E-state index contributed by atoms with van der Waals surface area (Å²) in [6.45, 7) is 21.1. The summed E-state index contributed by atoms with van der Waals surface area (Å²) in [5.74, 6) is 0. The number of allylic oxidation sites excluding steroid dienone is 1. The zero-order valence-corrected chi connectivity index (χ0v) is 18.3. The molecule has 0 radical (unpaired) electrons. The van der Waals surface area contributed by atoms with Gasteiger partial charge in [-0.3, -0.25) is 0 Å². The molecule has 3 nitrogen and oxygen atoms in total. The largest absolute Gasteiger partial charge is 0.489 e. The fraction of sp³-hybridized carbons (Fsp3) is 0.895. The second kappa shape index (κ2) is 6.57. The van der Waals surface area contributed by atoms with Crippen LogP contribution in [0.15, 0.2) is 11.5 Å². The topological polar surface area (TPSA) is 27.7 Å². The minimum absolute atomic E-state index is 0.0344. The fourth-order valence-corrected chi connectivity index (χ4v) is 4.25. The average molecular weight is 352 g/mol. The summed E-state index contributed by atoms with van der Waals surface area (Å²) >= 11 is 0. The molecular weight excluding hydrogens is 315 g/mol. The van der Waals surface area contributed by atoms with Gasteiger partial charge >= 0.3 is 7.12 Å². The Morgan fingerprint density at radius 2 is 1.83 bits per heavy atom. The first kappa shape index (κ1) is 20.2. The van der Waals surface area contributed by atoms with Crippen LogP contribution >= 0.6 is 0 Å². The highest BCUT2D eigenvalue weighted by Gasteiger charge is 2.48. The lowest BCUT2D eigenvalue weighted by Crippen LogP contribution is -2.55. The normalized spacial score (nSPS) is 27.8. The van der Waals surface area contributed by atoms with Gasteiger partial charge < -0.3 is 13.7 Å². The zero-order valence-electron chi connectivity index (χ0n) is 17.3. The van der Waals surface area contributed by atoms with E-state index in [4.69, 9.17) is 13.7 Å². The molecule has 0 saturated carbocycles. The molecule has 138 valence electrons. The molecule has 24 heavy (non-hydrogen) atoms. The molecule has 0 spiro atoms. The van der Waals surface area contributed by atoms with Crippen LogP contribution in [0.2, 0.25) is 18.1 Å². The Kier molecular flexibility index (Phi) is 5.53. The predicted molar refractivity (Wildman–Crippen MR) is 105 cm³/mol. The van der Waals surface area contributed by atoms with Gasteiger partial charge in [0.2, 0.25) is 0 Å². The van der Waals surface area contributed by atoms with E-state index in [1.54, 1.807) is 0 Å². The van der Waals surface area contributed by atoms with Gasteiger partial charge in [-0.05, 0) is 56.7 Å². The second-order valence-corrected chi connectivity index (χ2v) is 15.0. The lowest BCUT2D eigenvalue weighted by atomic mass is 9.66. The lowest BCUT2D eigenvalue weighted by Gasteiger charge is -2.48. The molecule has 0 aromatic rings. The molecule has 2 rings (SSSR count). The Bertz CT molecular complexity index is 491. The van der Waals surface area contributed by atoms with Crippen LogP contribution in [-0.4, -0.2) is 33.7 Å². The van der Waals surface area contributed by atoms with Crippen molar-refractivity contribution in [2.75, 3.05) is 6.61 Å². The molecule has 1 atom stereocenters. The van der Waals surface area contributed by atoms with Gasteiger partial charge in [-0.1, -0.05) is 40.7 Å². The van der Waals surface area contributed by atoms with Crippen LogP contribution in [0.1, 0.15) is 67.7 Å². The van der Waals surface area contributed by atoms with E-state index in [1.165, 1.54) is 5.47 Å². The van der Waals surface area contributed by atoms with Crippen LogP contribution in [0.3, 0.4) is 0 Å². The summed E-state index contributed by atoms with van der Waals surface area (Å²) in [4.78, 5) is 0. The smallest absolute Gasteiger partial charge is 0.414 e. The van der Waals surface area contributed by atoms with Crippen molar-refractivity contribution < 1.29 is 13.7 Å². The van der Waals surface area contributed by atoms with Crippen molar-refractivity contribution in [3.8, 4) is 0 Å². The number of hydrogen-bond acceptors (Lipinski definition) is 3. The molecule has 2 aliphatic rings. The van der Waals surface area contributed by atoms with Crippen molar-refractivity contribution >= 4 is 15.4 Å². The van der Waals surface area contributed by atoms with Gasteiger partial charge in [0.15, 0.2) is 8.32 Å². The van der Waals surface area contributed by atoms with E-state index in [-0.39, 0.29) is 23.2 Å². The minimum Gasteiger partial charge on any atom is -0.414 e. The van der Waals surface area contributed by atoms with Crippen LogP contribution in [0.5, 0.6) is 0 Å². The number of hydrogen-bond donors (Lipinski definition) is 0. The van der Waals surface area contributed by atoms with E-state index >= 15 is 0 Å². The van der Waals surface area contributed by atoms with Gasteiger partial charge in [-0.15, -0.1) is 0 Å². The molecular formula is C19H37BO3Si. The maximum absolute atomic E-state index is 6.57. The van der Waals surface area contributed by atoms with Crippen molar-refractivity contribution in [3.05, 3.63) is 11.5 Å². The molecule has 0 aromatic heterocycles. The molecule has 5 heteroatoms. The van der Waals surface area contributed by atoms with Crippen LogP contribution in [0.25, 0.3) is 0 Å². The number of rotatable bonds is 3. The summed E-state index contributed by atoms with van der Waals surface area (Å²) < 4.78 is 18.9. The minimum atomic E-state index is -1.69. The Labute approximate surface area is 150 Å². The Morgan fingerprint density at radius 1 is 1.21 bits per heavy atom. The Hall–Kier alpha value is -0.0982. The standard InChI is InChI=1S/C19H37BO3Si/c1-17(2,3)24(8,9)22-16-12-10-15(11-13-16)20-21-14-18(4,5)19(6,7)23-20/h10,16H,11-14H2,1-9H3. The Morgan fingerprint density at radius 3 is 2.29 bits per heavy atom. The van der Waals surface area contributed by atoms with Crippen LogP contribution in [0, 0.1) is 5.41 Å². The SMILES string of the molecule is CC1(C)COB(C2=CCC(O[Si](C)(C)C(C)(C)C)CC2)OC1(C)C. The third-order valence-corrected chi connectivity index (χ3v) is 11.1. The summed E-state index contributed by atoms with van der Waals surface area (Å²) in [6.07, 6.45) is 5.73. The zero-order chi connectivity index (χ0) is 18.4. The molecule has 0 amide bonds. The highest BCUT2D eigenvalue weighted by atomic mass is 28.4. The van der Waals surface area contributed by atoms with E-state index in [0.717, 1.165) is 25.9 Å². The maximum Gasteiger partial charge on any atom is 0.489 e. The third-order valence-electron chi connectivity index (χ3n) is 6.60. The predicted octanol–water partition coefficient (Wildman–Crippen LogP) is 5.37. The van der Waals surface area contributed by atoms with E-state index in [9.17, 15) is 0 Å². The van der Waals surface area contributed by atoms with Crippen molar-refractivity contribution in [1.82, 2.24) is 0 Å². The molecule has 0 bridgehead atoms. The molecule has 1 fully saturated rings. The highest BCUT2D eigenvalue weighted by Crippen LogP contribution is 2.42. The summed E-state index contributed by atoms with van der Waals surface area (Å²) in [5, 5.41) is 0.266. The van der Waals surface area contributed by atoms with E-state index < -0.39 is 8.32 Å². The molecule has 1 saturated heterocycles. The maximum atomic E-state index is 6.57. The fourth-order valence-electron chi connectivity index (χ4n) is 2.85. The average Bonchev–Trinajstić information content (AvgIpc) is 2.41. The van der Waals surface area contributed by atoms with Gasteiger partial charge in [-0.2, -0.15) is 0 Å². The van der Waals surface area contributed by atoms with Crippen LogP contribution in [0.4, 0.5) is 0 Å². The summed E-state index contributed by atoms with van der Waals surface area (Å²) in [7, 11) is -1.87. The monoisotopic (exact) mass is 352 g/mol. The van der Waals surface area contributed by atoms with Crippen molar-refractivity contribution in [2.24, 2.45) is 5.41 Å². The quantitative estimate of drug-likeness (QED) is 0.640. The van der Waals surface area contributed by atoms with E-state index in [2.05, 4.69) is 67.6 Å². The van der Waals surface area contributed by atoms with Gasteiger partial charge in [0.1, 0.15) is 0 Å². The van der Waals surface area contributed by atoms with Crippen molar-refractivity contribution in [2.45, 2.75) is 97.6 Å². The molecule has 1 aliphatic carbocycles. The lowest BCUT2D eigenvalue weighted by molar-refractivity contribution is -0.0955. The van der Waals surface area contributed by atoms with Gasteiger partial charge in [-0.25, -0.2) is 0 Å². The first-order valence-electron chi connectivity index (χ1n) is 9.41. The van der Waals surface area contributed by atoms with E-state index in [0.29, 0.717) is 6.10 Å². The highest BCUT2D eigenvalue weighted by molar-refractivity contribution is 6.74. The van der Waals surface area contributed by atoms with E-state index in [1.807, 2.05) is 0 Å². The molecule has 1 unspecified atom stereocenters. The first-order chi connectivity index (χ1) is 10.8. The second-order valence-electron chi connectivity index (χ2n) is 10.2. The van der Waals surface area contributed by atoms with Crippen molar-refractivity contribution in [3.63, 3.8) is 0 Å². The Balaban J connectivity index is 1.97.